The lowest BCUT2D eigenvalue weighted by molar-refractivity contribution is 0.311. The van der Waals surface area contributed by atoms with Crippen LogP contribution in [0.2, 0.25) is 0 Å². The van der Waals surface area contributed by atoms with Crippen LogP contribution in [0.4, 0.5) is 5.69 Å². The highest BCUT2D eigenvalue weighted by atomic mass is 79.9. The smallest absolute Gasteiger partial charge is 0.142 e. The summed E-state index contributed by atoms with van der Waals surface area (Å²) in [7, 11) is 2.11. The first kappa shape index (κ1) is 9.84. The molecule has 3 heteroatoms. The van der Waals surface area contributed by atoms with Crippen LogP contribution in [0, 0.1) is 0 Å². The average Bonchev–Trinajstić information content (AvgIpc) is 2.20. The fourth-order valence-electron chi connectivity index (χ4n) is 1.66. The van der Waals surface area contributed by atoms with E-state index in [0.29, 0.717) is 0 Å². The van der Waals surface area contributed by atoms with E-state index in [9.17, 15) is 0 Å². The molecule has 0 aromatic heterocycles. The van der Waals surface area contributed by atoms with Crippen molar-refractivity contribution < 1.29 is 4.74 Å². The van der Waals surface area contributed by atoms with Gasteiger partial charge in [0.05, 0.1) is 12.2 Å². The van der Waals surface area contributed by atoms with Crippen LogP contribution in [0.25, 0.3) is 0 Å². The number of fused-ring (bicyclic) bond motifs is 1. The van der Waals surface area contributed by atoms with Gasteiger partial charge in [0, 0.05) is 12.4 Å². The number of rotatable bonds is 2. The van der Waals surface area contributed by atoms with Gasteiger partial charge in [-0.1, -0.05) is 22.0 Å². The minimum absolute atomic E-state index is 0.793. The summed E-state index contributed by atoms with van der Waals surface area (Å²) in [4.78, 5) is 2.25. The Labute approximate surface area is 93.0 Å². The fraction of sp³-hybridized carbons (Fsp3) is 0.455. The number of hydrogen-bond acceptors (Lipinski definition) is 2. The summed E-state index contributed by atoms with van der Waals surface area (Å²) >= 11 is 3.45. The van der Waals surface area contributed by atoms with Gasteiger partial charge < -0.3 is 9.64 Å². The largest absolute Gasteiger partial charge is 0.490 e. The standard InChI is InChI=1S/C11H14BrNO/c1-13-6-7-14-11-3-2-9(4-5-12)8-10(11)13/h2-3,8H,4-7H2,1H3. The molecule has 0 saturated carbocycles. The molecule has 76 valence electrons. The highest BCUT2D eigenvalue weighted by molar-refractivity contribution is 9.09. The normalized spacial score (nSPS) is 14.9. The van der Waals surface area contributed by atoms with Crippen molar-refractivity contribution in [1.82, 2.24) is 0 Å². The van der Waals surface area contributed by atoms with Crippen LogP contribution in [0.15, 0.2) is 18.2 Å². The molecule has 0 spiro atoms. The second kappa shape index (κ2) is 4.22. The first-order chi connectivity index (χ1) is 6.81. The molecule has 0 bridgehead atoms. The molecule has 2 nitrogen and oxygen atoms in total. The predicted molar refractivity (Wildman–Crippen MR) is 62.7 cm³/mol. The summed E-state index contributed by atoms with van der Waals surface area (Å²) in [6.45, 7) is 1.77. The number of benzene rings is 1. The maximum atomic E-state index is 5.57. The molecule has 0 aliphatic carbocycles. The number of halogens is 1. The summed E-state index contributed by atoms with van der Waals surface area (Å²) in [5.74, 6) is 1.01. The third kappa shape index (κ3) is 1.87. The van der Waals surface area contributed by atoms with Crippen molar-refractivity contribution in [2.75, 3.05) is 30.4 Å². The lowest BCUT2D eigenvalue weighted by Gasteiger charge is -2.28. The van der Waals surface area contributed by atoms with Crippen molar-refractivity contribution in [2.24, 2.45) is 0 Å². The van der Waals surface area contributed by atoms with Gasteiger partial charge >= 0.3 is 0 Å². The van der Waals surface area contributed by atoms with Crippen molar-refractivity contribution in [3.63, 3.8) is 0 Å². The summed E-state index contributed by atoms with van der Waals surface area (Å²) in [6.07, 6.45) is 1.07. The highest BCUT2D eigenvalue weighted by Crippen LogP contribution is 2.31. The SMILES string of the molecule is CN1CCOc2ccc(CCBr)cc21. The molecular weight excluding hydrogens is 242 g/mol. The van der Waals surface area contributed by atoms with Gasteiger partial charge in [0.15, 0.2) is 0 Å². The van der Waals surface area contributed by atoms with Crippen LogP contribution in [0.3, 0.4) is 0 Å². The van der Waals surface area contributed by atoms with E-state index in [1.807, 2.05) is 0 Å². The molecule has 0 fully saturated rings. The van der Waals surface area contributed by atoms with Crippen LogP contribution >= 0.6 is 15.9 Å². The molecule has 2 rings (SSSR count). The summed E-state index contributed by atoms with van der Waals surface area (Å²) in [5.41, 5.74) is 2.58. The molecule has 0 amide bonds. The quantitative estimate of drug-likeness (QED) is 0.753. The minimum atomic E-state index is 0.793. The summed E-state index contributed by atoms with van der Waals surface area (Å²) < 4.78 is 5.57. The van der Waals surface area contributed by atoms with Crippen molar-refractivity contribution in [3.05, 3.63) is 23.8 Å². The zero-order valence-corrected chi connectivity index (χ0v) is 9.88. The Hall–Kier alpha value is -0.700. The molecule has 1 aromatic carbocycles. The van der Waals surface area contributed by atoms with Gasteiger partial charge in [-0.05, 0) is 24.1 Å². The number of alkyl halides is 1. The van der Waals surface area contributed by atoms with Crippen molar-refractivity contribution in [1.29, 1.82) is 0 Å². The Morgan fingerprint density at radius 2 is 2.36 bits per heavy atom. The van der Waals surface area contributed by atoms with E-state index in [4.69, 9.17) is 4.74 Å². The van der Waals surface area contributed by atoms with E-state index in [-0.39, 0.29) is 0 Å². The molecule has 1 aromatic rings. The van der Waals surface area contributed by atoms with E-state index in [1.54, 1.807) is 0 Å². The third-order valence-electron chi connectivity index (χ3n) is 2.50. The molecule has 1 aliphatic rings. The molecule has 1 heterocycles. The van der Waals surface area contributed by atoms with Crippen LogP contribution < -0.4 is 9.64 Å². The first-order valence-electron chi connectivity index (χ1n) is 4.84. The Balaban J connectivity index is 2.31. The van der Waals surface area contributed by atoms with Gasteiger partial charge in [-0.3, -0.25) is 0 Å². The second-order valence-corrected chi connectivity index (χ2v) is 4.30. The lowest BCUT2D eigenvalue weighted by atomic mass is 10.1. The maximum absolute atomic E-state index is 5.57. The fourth-order valence-corrected chi connectivity index (χ4v) is 2.12. The van der Waals surface area contributed by atoms with Gasteiger partial charge in [0.2, 0.25) is 0 Å². The number of aryl methyl sites for hydroxylation is 1. The highest BCUT2D eigenvalue weighted by Gasteiger charge is 2.14. The lowest BCUT2D eigenvalue weighted by Crippen LogP contribution is -2.28. The molecule has 0 radical (unpaired) electrons. The van der Waals surface area contributed by atoms with Crippen molar-refractivity contribution in [3.8, 4) is 5.75 Å². The van der Waals surface area contributed by atoms with E-state index >= 15 is 0 Å². The summed E-state index contributed by atoms with van der Waals surface area (Å²) in [5, 5.41) is 1.01. The van der Waals surface area contributed by atoms with Crippen LogP contribution in [0.5, 0.6) is 5.75 Å². The Bertz CT molecular complexity index is 327. The van der Waals surface area contributed by atoms with Gasteiger partial charge in [-0.2, -0.15) is 0 Å². The Morgan fingerprint density at radius 3 is 3.14 bits per heavy atom. The third-order valence-corrected chi connectivity index (χ3v) is 2.90. The maximum Gasteiger partial charge on any atom is 0.142 e. The van der Waals surface area contributed by atoms with Gasteiger partial charge in [-0.25, -0.2) is 0 Å². The zero-order valence-electron chi connectivity index (χ0n) is 8.29. The predicted octanol–water partition coefficient (Wildman–Crippen LogP) is 2.45. The van der Waals surface area contributed by atoms with E-state index < -0.39 is 0 Å². The molecular formula is C11H14BrNO. The minimum Gasteiger partial charge on any atom is -0.490 e. The molecule has 0 unspecified atom stereocenters. The van der Waals surface area contributed by atoms with Crippen LogP contribution in [-0.2, 0) is 6.42 Å². The van der Waals surface area contributed by atoms with Gasteiger partial charge in [-0.15, -0.1) is 0 Å². The molecule has 1 aliphatic heterocycles. The molecule has 0 saturated heterocycles. The van der Waals surface area contributed by atoms with E-state index in [0.717, 1.165) is 30.7 Å². The number of nitrogens with zero attached hydrogens (tertiary/aromatic N) is 1. The van der Waals surface area contributed by atoms with Gasteiger partial charge in [0.1, 0.15) is 12.4 Å². The van der Waals surface area contributed by atoms with Gasteiger partial charge in [0.25, 0.3) is 0 Å². The monoisotopic (exact) mass is 255 g/mol. The number of ether oxygens (including phenoxy) is 1. The molecule has 0 atom stereocenters. The zero-order chi connectivity index (χ0) is 9.97. The first-order valence-corrected chi connectivity index (χ1v) is 5.96. The molecule has 0 N–H and O–H groups in total. The summed E-state index contributed by atoms with van der Waals surface area (Å²) in [6, 6.07) is 6.43. The van der Waals surface area contributed by atoms with E-state index in [1.165, 1.54) is 11.3 Å². The second-order valence-electron chi connectivity index (χ2n) is 3.51. The van der Waals surface area contributed by atoms with Crippen LogP contribution in [0.1, 0.15) is 5.56 Å². The topological polar surface area (TPSA) is 12.5 Å². The number of hydrogen-bond donors (Lipinski definition) is 0. The molecule has 14 heavy (non-hydrogen) atoms. The van der Waals surface area contributed by atoms with Crippen LogP contribution in [-0.4, -0.2) is 25.5 Å². The number of likely N-dealkylation sites (N-methyl/N-ethyl adjacent to an activating group) is 1. The van der Waals surface area contributed by atoms with Crippen molar-refractivity contribution in [2.45, 2.75) is 6.42 Å². The Morgan fingerprint density at radius 1 is 1.50 bits per heavy atom. The average molecular weight is 256 g/mol. The Kier molecular flexibility index (Phi) is 2.96. The van der Waals surface area contributed by atoms with E-state index in [2.05, 4.69) is 46.1 Å². The van der Waals surface area contributed by atoms with Crippen molar-refractivity contribution >= 4 is 21.6 Å². The number of anilines is 1.